The third-order valence-corrected chi connectivity index (χ3v) is 7.72. The number of benzene rings is 1. The summed E-state index contributed by atoms with van der Waals surface area (Å²) in [4.78, 5) is 27.9. The van der Waals surface area contributed by atoms with Crippen LogP contribution in [0.4, 0.5) is 17.3 Å². The molecular weight excluding hydrogens is 504 g/mol. The van der Waals surface area contributed by atoms with Gasteiger partial charge in [-0.1, -0.05) is 0 Å². The van der Waals surface area contributed by atoms with Gasteiger partial charge in [-0.25, -0.2) is 18.4 Å². The lowest BCUT2D eigenvalue weighted by Crippen LogP contribution is -2.32. The molecule has 1 saturated heterocycles. The maximum absolute atomic E-state index is 12.4. The molecule has 38 heavy (non-hydrogen) atoms. The van der Waals surface area contributed by atoms with Gasteiger partial charge in [-0.15, -0.1) is 0 Å². The number of sulfone groups is 1. The Morgan fingerprint density at radius 2 is 1.97 bits per heavy atom. The van der Waals surface area contributed by atoms with Gasteiger partial charge in [0.05, 0.1) is 23.3 Å². The third kappa shape index (κ3) is 5.48. The first-order chi connectivity index (χ1) is 18.0. The summed E-state index contributed by atoms with van der Waals surface area (Å²) in [7, 11) is -3.01. The molecule has 10 nitrogen and oxygen atoms in total. The lowest BCUT2D eigenvalue weighted by Gasteiger charge is -2.34. The molecule has 11 heteroatoms. The standard InChI is InChI=1S/C27H32N6O4S/c1-17-5-8-24(34)33(17)20-6-7-21-22-16-30-26(32-25(22)27(2,3)37-23(21)12-20)31-19-11-18(14-29-15-19)13-28-9-10-38(4,35)36/h6-7,11-12,14-17,28H,5,8-10,13H2,1-4H3,(H,30,31,32). The first-order valence-corrected chi connectivity index (χ1v) is 14.7. The average molecular weight is 537 g/mol. The zero-order chi connectivity index (χ0) is 27.1. The molecule has 2 N–H and O–H groups in total. The van der Waals surface area contributed by atoms with E-state index >= 15 is 0 Å². The summed E-state index contributed by atoms with van der Waals surface area (Å²) in [5.74, 6) is 1.34. The molecule has 0 radical (unpaired) electrons. The molecule has 0 aliphatic carbocycles. The number of carbonyl (C=O) groups excluding carboxylic acids is 1. The van der Waals surface area contributed by atoms with Crippen LogP contribution < -0.4 is 20.3 Å². The third-order valence-electron chi connectivity index (χ3n) is 6.77. The van der Waals surface area contributed by atoms with Crippen LogP contribution in [0.5, 0.6) is 5.75 Å². The summed E-state index contributed by atoms with van der Waals surface area (Å²) in [6.45, 7) is 6.85. The Bertz CT molecular complexity index is 1490. The number of rotatable bonds is 8. The molecule has 2 aliphatic heterocycles. The first kappa shape index (κ1) is 26.1. The molecule has 2 aromatic heterocycles. The Kier molecular flexibility index (Phi) is 6.83. The molecule has 0 bridgehead atoms. The number of nitrogens with one attached hydrogen (secondary N) is 2. The average Bonchev–Trinajstić information content (AvgIpc) is 3.19. The predicted octanol–water partition coefficient (Wildman–Crippen LogP) is 3.56. The van der Waals surface area contributed by atoms with Crippen molar-refractivity contribution in [3.05, 3.63) is 54.1 Å². The van der Waals surface area contributed by atoms with Gasteiger partial charge in [0.1, 0.15) is 21.2 Å². The van der Waals surface area contributed by atoms with E-state index in [1.165, 1.54) is 6.26 Å². The van der Waals surface area contributed by atoms with Crippen LogP contribution in [-0.2, 0) is 26.8 Å². The largest absolute Gasteiger partial charge is 0.481 e. The van der Waals surface area contributed by atoms with Crippen molar-refractivity contribution in [1.82, 2.24) is 20.3 Å². The quantitative estimate of drug-likeness (QED) is 0.416. The number of pyridine rings is 1. The Morgan fingerprint density at radius 3 is 2.71 bits per heavy atom. The number of aromatic nitrogens is 3. The Morgan fingerprint density at radius 1 is 1.16 bits per heavy atom. The second kappa shape index (κ2) is 9.95. The van der Waals surface area contributed by atoms with E-state index in [-0.39, 0.29) is 17.7 Å². The molecule has 1 unspecified atom stereocenters. The van der Waals surface area contributed by atoms with Gasteiger partial charge in [-0.2, -0.15) is 0 Å². The molecule has 1 amide bonds. The summed E-state index contributed by atoms with van der Waals surface area (Å²) in [5, 5.41) is 6.34. The van der Waals surface area contributed by atoms with Crippen molar-refractivity contribution in [2.45, 2.75) is 51.8 Å². The maximum Gasteiger partial charge on any atom is 0.227 e. The van der Waals surface area contributed by atoms with Crippen LogP contribution in [0.25, 0.3) is 11.1 Å². The first-order valence-electron chi connectivity index (χ1n) is 12.6. The summed E-state index contributed by atoms with van der Waals surface area (Å²) < 4.78 is 29.0. The number of fused-ring (bicyclic) bond motifs is 3. The fourth-order valence-corrected chi connectivity index (χ4v) is 5.40. The van der Waals surface area contributed by atoms with E-state index in [2.05, 4.69) is 27.5 Å². The van der Waals surface area contributed by atoms with Crippen molar-refractivity contribution in [3.63, 3.8) is 0 Å². The van der Waals surface area contributed by atoms with Crippen LogP contribution in [0, 0.1) is 0 Å². The minimum absolute atomic E-state index is 0.0825. The summed E-state index contributed by atoms with van der Waals surface area (Å²) in [5.41, 5.74) is 4.28. The second-order valence-corrected chi connectivity index (χ2v) is 12.7. The Labute approximate surface area is 222 Å². The van der Waals surface area contributed by atoms with Crippen LogP contribution in [0.1, 0.15) is 44.9 Å². The van der Waals surface area contributed by atoms with Gasteiger partial charge in [0, 0.05) is 67.1 Å². The molecule has 4 heterocycles. The van der Waals surface area contributed by atoms with Crippen LogP contribution in [0.15, 0.2) is 42.9 Å². The topological polar surface area (TPSA) is 126 Å². The van der Waals surface area contributed by atoms with Gasteiger partial charge < -0.3 is 20.3 Å². The van der Waals surface area contributed by atoms with E-state index < -0.39 is 15.4 Å². The molecule has 0 saturated carbocycles. The fraction of sp³-hybridized carbons (Fsp3) is 0.407. The normalized spacial score (nSPS) is 18.1. The van der Waals surface area contributed by atoms with E-state index in [9.17, 15) is 13.2 Å². The Hall–Kier alpha value is -3.57. The van der Waals surface area contributed by atoms with Gasteiger partial charge in [-0.05, 0) is 51.0 Å². The summed E-state index contributed by atoms with van der Waals surface area (Å²) in [6, 6.07) is 7.95. The Balaban J connectivity index is 1.36. The number of ether oxygens (including phenoxy) is 1. The smallest absolute Gasteiger partial charge is 0.227 e. The second-order valence-electron chi connectivity index (χ2n) is 10.4. The van der Waals surface area contributed by atoms with Crippen molar-refractivity contribution >= 4 is 33.1 Å². The van der Waals surface area contributed by atoms with Gasteiger partial charge >= 0.3 is 0 Å². The predicted molar refractivity (Wildman–Crippen MR) is 146 cm³/mol. The van der Waals surface area contributed by atoms with E-state index in [1.807, 2.05) is 43.0 Å². The van der Waals surface area contributed by atoms with Gasteiger partial charge in [0.2, 0.25) is 11.9 Å². The highest BCUT2D eigenvalue weighted by Crippen LogP contribution is 2.46. The number of nitrogens with zero attached hydrogens (tertiary/aromatic N) is 4. The molecule has 1 aromatic carbocycles. The van der Waals surface area contributed by atoms with Gasteiger partial charge in [0.15, 0.2) is 0 Å². The van der Waals surface area contributed by atoms with Crippen molar-refractivity contribution in [3.8, 4) is 16.9 Å². The minimum Gasteiger partial charge on any atom is -0.481 e. The molecule has 0 spiro atoms. The zero-order valence-electron chi connectivity index (χ0n) is 22.0. The SMILES string of the molecule is CC1CCC(=O)N1c1ccc2c(c1)OC(C)(C)c1nc(Nc3cncc(CNCCS(C)(=O)=O)c3)ncc1-2. The van der Waals surface area contributed by atoms with Gasteiger partial charge in [-0.3, -0.25) is 9.78 Å². The van der Waals surface area contributed by atoms with E-state index in [4.69, 9.17) is 9.72 Å². The van der Waals surface area contributed by atoms with Crippen LogP contribution in [0.3, 0.4) is 0 Å². The number of hydrogen-bond donors (Lipinski definition) is 2. The van der Waals surface area contributed by atoms with Gasteiger partial charge in [0.25, 0.3) is 0 Å². The number of amides is 1. The highest BCUT2D eigenvalue weighted by molar-refractivity contribution is 7.90. The summed E-state index contributed by atoms with van der Waals surface area (Å²) in [6.07, 6.45) is 7.84. The highest BCUT2D eigenvalue weighted by atomic mass is 32.2. The number of anilines is 3. The summed E-state index contributed by atoms with van der Waals surface area (Å²) >= 11 is 0. The van der Waals surface area contributed by atoms with E-state index in [1.54, 1.807) is 18.6 Å². The van der Waals surface area contributed by atoms with Crippen LogP contribution >= 0.6 is 0 Å². The van der Waals surface area contributed by atoms with Crippen LogP contribution in [-0.4, -0.2) is 53.9 Å². The molecule has 2 aliphatic rings. The number of carbonyl (C=O) groups is 1. The maximum atomic E-state index is 12.4. The molecule has 5 rings (SSSR count). The monoisotopic (exact) mass is 536 g/mol. The van der Waals surface area contributed by atoms with Crippen molar-refractivity contribution in [2.75, 3.05) is 28.8 Å². The van der Waals surface area contributed by atoms with Crippen molar-refractivity contribution in [2.24, 2.45) is 0 Å². The van der Waals surface area contributed by atoms with Crippen molar-refractivity contribution in [1.29, 1.82) is 0 Å². The van der Waals surface area contributed by atoms with E-state index in [0.717, 1.165) is 40.2 Å². The van der Waals surface area contributed by atoms with Crippen molar-refractivity contribution < 1.29 is 17.9 Å². The highest BCUT2D eigenvalue weighted by Gasteiger charge is 2.36. The van der Waals surface area contributed by atoms with Crippen LogP contribution in [0.2, 0.25) is 0 Å². The lowest BCUT2D eigenvalue weighted by atomic mass is 9.91. The van der Waals surface area contributed by atoms with E-state index in [0.29, 0.717) is 31.2 Å². The molecule has 3 aromatic rings. The fourth-order valence-electron chi connectivity index (χ4n) is 4.89. The molecule has 200 valence electrons. The zero-order valence-corrected chi connectivity index (χ0v) is 22.8. The molecule has 1 fully saturated rings. The minimum atomic E-state index is -3.01. The lowest BCUT2D eigenvalue weighted by molar-refractivity contribution is -0.117. The molecule has 1 atom stereocenters. The molecular formula is C27H32N6O4S. The number of hydrogen-bond acceptors (Lipinski definition) is 9.